The third-order valence-electron chi connectivity index (χ3n) is 5.10. The molecular weight excluding hydrogens is 391 g/mol. The molecule has 0 atom stereocenters. The first-order valence-corrected chi connectivity index (χ1v) is 10.0. The minimum Gasteiger partial charge on any atom is -0.462 e. The van der Waals surface area contributed by atoms with Crippen molar-refractivity contribution in [3.8, 4) is 0 Å². The number of non-ortho nitro benzene ring substituents is 1. The van der Waals surface area contributed by atoms with Gasteiger partial charge in [0.1, 0.15) is 0 Å². The van der Waals surface area contributed by atoms with E-state index in [1.807, 2.05) is 18.2 Å². The number of piperidine rings is 1. The first-order valence-electron chi connectivity index (χ1n) is 10.0. The van der Waals surface area contributed by atoms with E-state index >= 15 is 0 Å². The van der Waals surface area contributed by atoms with E-state index in [0.717, 1.165) is 18.6 Å². The van der Waals surface area contributed by atoms with E-state index in [1.165, 1.54) is 5.56 Å². The van der Waals surface area contributed by atoms with E-state index in [4.69, 9.17) is 9.47 Å². The fraction of sp³-hybridized carbons (Fsp3) is 0.409. The van der Waals surface area contributed by atoms with Crippen molar-refractivity contribution in [3.63, 3.8) is 0 Å². The summed E-state index contributed by atoms with van der Waals surface area (Å²) in [6.07, 6.45) is 2.23. The van der Waals surface area contributed by atoms with Crippen LogP contribution < -0.4 is 4.90 Å². The van der Waals surface area contributed by atoms with Crippen LogP contribution in [0.5, 0.6) is 0 Å². The second-order valence-electron chi connectivity index (χ2n) is 7.09. The lowest BCUT2D eigenvalue weighted by molar-refractivity contribution is -0.385. The Labute approximate surface area is 174 Å². The summed E-state index contributed by atoms with van der Waals surface area (Å²) in [7, 11) is 0. The van der Waals surface area contributed by atoms with Gasteiger partial charge in [-0.3, -0.25) is 10.1 Å². The van der Waals surface area contributed by atoms with Gasteiger partial charge in [-0.1, -0.05) is 30.3 Å². The van der Waals surface area contributed by atoms with E-state index in [-0.39, 0.29) is 24.0 Å². The van der Waals surface area contributed by atoms with Gasteiger partial charge in [0.15, 0.2) is 5.82 Å². The van der Waals surface area contributed by atoms with Crippen molar-refractivity contribution in [2.45, 2.75) is 32.3 Å². The summed E-state index contributed by atoms with van der Waals surface area (Å²) in [5, 5.41) is 11.1. The quantitative estimate of drug-likeness (QED) is 0.365. The molecule has 1 heterocycles. The third-order valence-corrected chi connectivity index (χ3v) is 5.10. The van der Waals surface area contributed by atoms with Crippen LogP contribution in [0.1, 0.15) is 35.7 Å². The number of hydrogen-bond acceptors (Lipinski definition) is 6. The fourth-order valence-electron chi connectivity index (χ4n) is 3.61. The van der Waals surface area contributed by atoms with E-state index in [9.17, 15) is 19.3 Å². The summed E-state index contributed by atoms with van der Waals surface area (Å²) in [6, 6.07) is 12.0. The molecule has 0 unspecified atom stereocenters. The number of halogens is 1. The van der Waals surface area contributed by atoms with Gasteiger partial charge in [-0.2, -0.15) is 0 Å². The van der Waals surface area contributed by atoms with E-state index in [2.05, 4.69) is 12.1 Å². The Kier molecular flexibility index (Phi) is 7.35. The highest BCUT2D eigenvalue weighted by atomic mass is 19.1. The second-order valence-corrected chi connectivity index (χ2v) is 7.09. The SMILES string of the molecule is CCOC(=O)c1cc([N+](=O)[O-])cc(F)c1N1CCC(OCCc2ccccc2)CC1. The fourth-order valence-corrected chi connectivity index (χ4v) is 3.61. The number of ether oxygens (including phenoxy) is 2. The highest BCUT2D eigenvalue weighted by Crippen LogP contribution is 2.32. The monoisotopic (exact) mass is 416 g/mol. The molecule has 7 nitrogen and oxygen atoms in total. The van der Waals surface area contributed by atoms with Gasteiger partial charge in [0.25, 0.3) is 5.69 Å². The van der Waals surface area contributed by atoms with Crippen LogP contribution in [-0.4, -0.2) is 43.3 Å². The van der Waals surface area contributed by atoms with Gasteiger partial charge in [-0.05, 0) is 31.7 Å². The van der Waals surface area contributed by atoms with Crippen molar-refractivity contribution in [1.29, 1.82) is 0 Å². The van der Waals surface area contributed by atoms with E-state index < -0.39 is 22.4 Å². The van der Waals surface area contributed by atoms with E-state index in [0.29, 0.717) is 32.5 Å². The van der Waals surface area contributed by atoms with Gasteiger partial charge < -0.3 is 14.4 Å². The maximum Gasteiger partial charge on any atom is 0.340 e. The molecule has 1 fully saturated rings. The number of hydrogen-bond donors (Lipinski definition) is 0. The minimum atomic E-state index is -0.796. The van der Waals surface area contributed by atoms with Crippen LogP contribution in [0.3, 0.4) is 0 Å². The molecule has 0 aliphatic carbocycles. The molecule has 0 amide bonds. The van der Waals surface area contributed by atoms with Crippen LogP contribution >= 0.6 is 0 Å². The molecule has 3 rings (SSSR count). The molecule has 0 aromatic heterocycles. The normalized spacial score (nSPS) is 14.5. The highest BCUT2D eigenvalue weighted by Gasteiger charge is 2.29. The molecule has 1 saturated heterocycles. The molecule has 1 aliphatic heterocycles. The number of rotatable bonds is 8. The van der Waals surface area contributed by atoms with Gasteiger partial charge in [-0.15, -0.1) is 0 Å². The van der Waals surface area contributed by atoms with Crippen molar-refractivity contribution in [2.75, 3.05) is 31.2 Å². The van der Waals surface area contributed by atoms with Crippen LogP contribution in [0.15, 0.2) is 42.5 Å². The number of anilines is 1. The van der Waals surface area contributed by atoms with E-state index in [1.54, 1.807) is 11.8 Å². The topological polar surface area (TPSA) is 81.9 Å². The average molecular weight is 416 g/mol. The molecule has 2 aromatic carbocycles. The Morgan fingerprint density at radius 1 is 1.23 bits per heavy atom. The zero-order valence-electron chi connectivity index (χ0n) is 16.9. The smallest absolute Gasteiger partial charge is 0.340 e. The van der Waals surface area contributed by atoms with Crippen molar-refractivity contribution in [2.24, 2.45) is 0 Å². The zero-order valence-corrected chi connectivity index (χ0v) is 16.9. The maximum atomic E-state index is 14.8. The molecule has 0 spiro atoms. The molecule has 0 radical (unpaired) electrons. The molecule has 2 aromatic rings. The number of benzene rings is 2. The molecule has 0 bridgehead atoms. The molecule has 0 N–H and O–H groups in total. The minimum absolute atomic E-state index is 0.0529. The van der Waals surface area contributed by atoms with Crippen LogP contribution in [0, 0.1) is 15.9 Å². The maximum absolute atomic E-state index is 14.8. The Balaban J connectivity index is 1.65. The van der Waals surface area contributed by atoms with Gasteiger partial charge >= 0.3 is 5.97 Å². The molecule has 30 heavy (non-hydrogen) atoms. The second kappa shape index (κ2) is 10.2. The standard InChI is InChI=1S/C22H25FN2O5/c1-2-29-22(26)19-14-17(25(27)28)15-20(23)21(19)24-11-8-18(9-12-24)30-13-10-16-6-4-3-5-7-16/h3-7,14-15,18H,2,8-13H2,1H3. The first-order chi connectivity index (χ1) is 14.5. The molecule has 0 saturated carbocycles. The number of nitro benzene ring substituents is 1. The number of esters is 1. The van der Waals surface area contributed by atoms with Gasteiger partial charge in [0.05, 0.1) is 41.6 Å². The summed E-state index contributed by atoms with van der Waals surface area (Å²) in [5.41, 5.74) is 0.675. The van der Waals surface area contributed by atoms with Gasteiger partial charge in [0, 0.05) is 19.2 Å². The van der Waals surface area contributed by atoms with Crippen LogP contribution in [0.2, 0.25) is 0 Å². The number of carbonyl (C=O) groups is 1. The summed E-state index contributed by atoms with van der Waals surface area (Å²) in [5.74, 6) is -1.56. The Bertz CT molecular complexity index is 883. The summed E-state index contributed by atoms with van der Waals surface area (Å²) < 4.78 is 25.7. The zero-order chi connectivity index (χ0) is 21.5. The van der Waals surface area contributed by atoms with Gasteiger partial charge in [0.2, 0.25) is 0 Å². The first kappa shape index (κ1) is 21.7. The van der Waals surface area contributed by atoms with Crippen LogP contribution in [0.4, 0.5) is 15.8 Å². The number of nitro groups is 1. The van der Waals surface area contributed by atoms with Gasteiger partial charge in [-0.25, -0.2) is 9.18 Å². The average Bonchev–Trinajstić information content (AvgIpc) is 2.74. The van der Waals surface area contributed by atoms with Crippen molar-refractivity contribution in [3.05, 3.63) is 69.5 Å². The number of carbonyl (C=O) groups excluding carboxylic acids is 1. The Hall–Kier alpha value is -3.00. The van der Waals surface area contributed by atoms with Crippen molar-refractivity contribution in [1.82, 2.24) is 0 Å². The summed E-state index contributed by atoms with van der Waals surface area (Å²) in [4.78, 5) is 24.4. The van der Waals surface area contributed by atoms with Crippen LogP contribution in [-0.2, 0) is 15.9 Å². The summed E-state index contributed by atoms with van der Waals surface area (Å²) >= 11 is 0. The summed E-state index contributed by atoms with van der Waals surface area (Å²) in [6.45, 7) is 3.30. The highest BCUT2D eigenvalue weighted by molar-refractivity contribution is 5.97. The lowest BCUT2D eigenvalue weighted by Gasteiger charge is -2.34. The lowest BCUT2D eigenvalue weighted by atomic mass is 10.0. The van der Waals surface area contributed by atoms with Crippen LogP contribution in [0.25, 0.3) is 0 Å². The third kappa shape index (κ3) is 5.33. The Morgan fingerprint density at radius 3 is 2.57 bits per heavy atom. The number of nitrogens with zero attached hydrogens (tertiary/aromatic N) is 2. The molecular formula is C22H25FN2O5. The lowest BCUT2D eigenvalue weighted by Crippen LogP contribution is -2.38. The predicted molar refractivity (Wildman–Crippen MR) is 110 cm³/mol. The van der Waals surface area contributed by atoms with Crippen molar-refractivity contribution < 1.29 is 23.6 Å². The van der Waals surface area contributed by atoms with Crippen molar-refractivity contribution >= 4 is 17.3 Å². The molecule has 8 heteroatoms. The molecule has 1 aliphatic rings. The Morgan fingerprint density at radius 2 is 1.93 bits per heavy atom. The largest absolute Gasteiger partial charge is 0.462 e. The predicted octanol–water partition coefficient (Wildman–Crippen LogP) is 4.14. The molecule has 160 valence electrons.